The van der Waals surface area contributed by atoms with Crippen LogP contribution in [0, 0.1) is 15.5 Å². The molecule has 0 bridgehead atoms. The standard InChI is InChI=1S/C27H30ClN3O5/c1-26(2,3)17-27(4,5)18-6-9-20(10-7-18)35-16-25(32)30-29-15-21-11-13-24(36-21)22-12-8-19(31(33)34)14-23(22)28/h6-15H,16-17H2,1-5H3,(H,30,32). The zero-order valence-corrected chi connectivity index (χ0v) is 21.8. The van der Waals surface area contributed by atoms with Gasteiger partial charge >= 0.3 is 0 Å². The molecule has 3 aromatic rings. The molecule has 0 unspecified atom stereocenters. The molecule has 8 nitrogen and oxygen atoms in total. The van der Waals surface area contributed by atoms with Crippen molar-refractivity contribution in [1.29, 1.82) is 0 Å². The van der Waals surface area contributed by atoms with Gasteiger partial charge in [-0.05, 0) is 53.1 Å². The van der Waals surface area contributed by atoms with Crippen LogP contribution in [-0.4, -0.2) is 23.7 Å². The molecule has 0 aliphatic carbocycles. The Kier molecular flexibility index (Phi) is 8.20. The van der Waals surface area contributed by atoms with Crippen molar-refractivity contribution in [3.63, 3.8) is 0 Å². The Morgan fingerprint density at radius 2 is 1.81 bits per heavy atom. The van der Waals surface area contributed by atoms with Crippen LogP contribution in [0.2, 0.25) is 5.02 Å². The minimum Gasteiger partial charge on any atom is -0.484 e. The number of non-ortho nitro benzene ring substituents is 1. The SMILES string of the molecule is CC(C)(C)CC(C)(C)c1ccc(OCC(=O)NN=Cc2ccc(-c3ccc([N+](=O)[O-])cc3Cl)o2)cc1. The van der Waals surface area contributed by atoms with Gasteiger partial charge in [0.25, 0.3) is 11.6 Å². The Bertz CT molecular complexity index is 1260. The van der Waals surface area contributed by atoms with Gasteiger partial charge in [-0.15, -0.1) is 0 Å². The fourth-order valence-corrected chi connectivity index (χ4v) is 4.43. The number of nitro benzene ring substituents is 1. The largest absolute Gasteiger partial charge is 0.484 e. The minimum absolute atomic E-state index is 0.0262. The average molecular weight is 512 g/mol. The van der Waals surface area contributed by atoms with Gasteiger partial charge in [-0.3, -0.25) is 14.9 Å². The molecule has 3 rings (SSSR count). The van der Waals surface area contributed by atoms with E-state index in [1.165, 1.54) is 30.0 Å². The van der Waals surface area contributed by atoms with E-state index in [4.69, 9.17) is 20.8 Å². The van der Waals surface area contributed by atoms with Crippen molar-refractivity contribution in [1.82, 2.24) is 5.43 Å². The van der Waals surface area contributed by atoms with Crippen LogP contribution < -0.4 is 10.2 Å². The lowest BCUT2D eigenvalue weighted by Gasteiger charge is -2.33. The van der Waals surface area contributed by atoms with Crippen LogP contribution in [0.4, 0.5) is 5.69 Å². The fourth-order valence-electron chi connectivity index (χ4n) is 4.16. The first-order valence-electron chi connectivity index (χ1n) is 11.4. The second-order valence-electron chi connectivity index (χ2n) is 10.4. The molecular weight excluding hydrogens is 482 g/mol. The summed E-state index contributed by atoms with van der Waals surface area (Å²) in [5.74, 6) is 0.961. The molecule has 190 valence electrons. The van der Waals surface area contributed by atoms with Crippen molar-refractivity contribution < 1.29 is 18.9 Å². The maximum atomic E-state index is 12.1. The molecule has 0 saturated carbocycles. The number of carbonyl (C=O) groups is 1. The highest BCUT2D eigenvalue weighted by Crippen LogP contribution is 2.36. The first-order chi connectivity index (χ1) is 16.8. The number of hydrogen-bond donors (Lipinski definition) is 1. The smallest absolute Gasteiger partial charge is 0.277 e. The Morgan fingerprint density at radius 1 is 1.11 bits per heavy atom. The molecular formula is C27H30ClN3O5. The molecule has 2 aromatic carbocycles. The van der Waals surface area contributed by atoms with E-state index in [9.17, 15) is 14.9 Å². The molecule has 1 aromatic heterocycles. The van der Waals surface area contributed by atoms with Crippen molar-refractivity contribution in [3.05, 3.63) is 81.1 Å². The van der Waals surface area contributed by atoms with Gasteiger partial charge in [0.2, 0.25) is 0 Å². The van der Waals surface area contributed by atoms with E-state index in [1.807, 2.05) is 24.3 Å². The summed E-state index contributed by atoms with van der Waals surface area (Å²) in [6.07, 6.45) is 2.38. The lowest BCUT2D eigenvalue weighted by Crippen LogP contribution is -2.25. The van der Waals surface area contributed by atoms with Crippen LogP contribution >= 0.6 is 11.6 Å². The molecule has 36 heavy (non-hydrogen) atoms. The molecule has 0 aliphatic rings. The second-order valence-corrected chi connectivity index (χ2v) is 10.8. The summed E-state index contributed by atoms with van der Waals surface area (Å²) >= 11 is 6.14. The highest BCUT2D eigenvalue weighted by atomic mass is 35.5. The molecule has 9 heteroatoms. The number of hydrogen-bond acceptors (Lipinski definition) is 6. The predicted molar refractivity (Wildman–Crippen MR) is 141 cm³/mol. The van der Waals surface area contributed by atoms with Crippen molar-refractivity contribution in [3.8, 4) is 17.1 Å². The minimum atomic E-state index is -0.522. The number of hydrazone groups is 1. The van der Waals surface area contributed by atoms with Crippen LogP contribution in [0.3, 0.4) is 0 Å². The first kappa shape index (κ1) is 26.9. The van der Waals surface area contributed by atoms with Crippen molar-refractivity contribution >= 4 is 29.4 Å². The third kappa shape index (κ3) is 7.42. The maximum absolute atomic E-state index is 12.1. The van der Waals surface area contributed by atoms with E-state index < -0.39 is 10.8 Å². The summed E-state index contributed by atoms with van der Waals surface area (Å²) in [5, 5.41) is 14.9. The molecule has 1 N–H and O–H groups in total. The Hall–Kier alpha value is -3.65. The molecule has 0 atom stereocenters. The molecule has 0 aliphatic heterocycles. The van der Waals surface area contributed by atoms with E-state index >= 15 is 0 Å². The van der Waals surface area contributed by atoms with Gasteiger partial charge in [0.1, 0.15) is 17.3 Å². The summed E-state index contributed by atoms with van der Waals surface area (Å²) in [6.45, 7) is 10.9. The van der Waals surface area contributed by atoms with E-state index in [1.54, 1.807) is 12.1 Å². The third-order valence-electron chi connectivity index (χ3n) is 5.41. The molecule has 1 heterocycles. The fraction of sp³-hybridized carbons (Fsp3) is 0.333. The van der Waals surface area contributed by atoms with E-state index in [0.29, 0.717) is 22.8 Å². The highest BCUT2D eigenvalue weighted by Gasteiger charge is 2.27. The number of ether oxygens (including phenoxy) is 1. The van der Waals surface area contributed by atoms with Crippen molar-refractivity contribution in [2.24, 2.45) is 10.5 Å². The summed E-state index contributed by atoms with van der Waals surface area (Å²) in [5.41, 5.74) is 4.24. The van der Waals surface area contributed by atoms with Crippen LogP contribution in [0.25, 0.3) is 11.3 Å². The molecule has 0 radical (unpaired) electrons. The van der Waals surface area contributed by atoms with Gasteiger partial charge in [0.15, 0.2) is 6.61 Å². The lowest BCUT2D eigenvalue weighted by atomic mass is 9.72. The summed E-state index contributed by atoms with van der Waals surface area (Å²) < 4.78 is 11.2. The van der Waals surface area contributed by atoms with Gasteiger partial charge in [-0.25, -0.2) is 5.43 Å². The van der Waals surface area contributed by atoms with Crippen LogP contribution in [0.15, 0.2) is 64.1 Å². The normalized spacial score (nSPS) is 12.1. The topological polar surface area (TPSA) is 107 Å². The zero-order valence-electron chi connectivity index (χ0n) is 21.0. The third-order valence-corrected chi connectivity index (χ3v) is 5.73. The molecule has 1 amide bonds. The zero-order chi connectivity index (χ0) is 26.5. The maximum Gasteiger partial charge on any atom is 0.277 e. The van der Waals surface area contributed by atoms with Crippen LogP contribution in [0.1, 0.15) is 52.4 Å². The number of amides is 1. The number of halogens is 1. The first-order valence-corrected chi connectivity index (χ1v) is 11.8. The highest BCUT2D eigenvalue weighted by molar-refractivity contribution is 6.33. The Balaban J connectivity index is 1.51. The van der Waals surface area contributed by atoms with Crippen molar-refractivity contribution in [2.45, 2.75) is 46.5 Å². The monoisotopic (exact) mass is 511 g/mol. The van der Waals surface area contributed by atoms with E-state index in [2.05, 4.69) is 45.1 Å². The summed E-state index contributed by atoms with van der Waals surface area (Å²) in [6, 6.07) is 15.2. The van der Waals surface area contributed by atoms with Crippen LogP contribution in [0.5, 0.6) is 5.75 Å². The summed E-state index contributed by atoms with van der Waals surface area (Å²) in [7, 11) is 0. The second kappa shape index (κ2) is 11.0. The molecule has 0 fully saturated rings. The van der Waals surface area contributed by atoms with E-state index in [0.717, 1.165) is 6.42 Å². The molecule has 0 spiro atoms. The number of nitrogens with zero attached hydrogens (tertiary/aromatic N) is 2. The molecule has 0 saturated heterocycles. The van der Waals surface area contributed by atoms with E-state index in [-0.39, 0.29) is 28.1 Å². The van der Waals surface area contributed by atoms with Crippen molar-refractivity contribution in [2.75, 3.05) is 6.61 Å². The number of furan rings is 1. The van der Waals surface area contributed by atoms with Crippen LogP contribution in [-0.2, 0) is 10.2 Å². The summed E-state index contributed by atoms with van der Waals surface area (Å²) in [4.78, 5) is 22.4. The quantitative estimate of drug-likeness (QED) is 0.194. The Labute approximate surface area is 215 Å². The number of carbonyl (C=O) groups excluding carboxylic acids is 1. The lowest BCUT2D eigenvalue weighted by molar-refractivity contribution is -0.384. The number of rotatable bonds is 9. The average Bonchev–Trinajstić information content (AvgIpc) is 3.25. The number of benzene rings is 2. The van der Waals surface area contributed by atoms with Gasteiger partial charge in [0.05, 0.1) is 16.2 Å². The van der Waals surface area contributed by atoms with Gasteiger partial charge in [0, 0.05) is 17.7 Å². The number of nitro groups is 1. The Morgan fingerprint density at radius 3 is 2.42 bits per heavy atom. The van der Waals surface area contributed by atoms with Gasteiger partial charge < -0.3 is 9.15 Å². The predicted octanol–water partition coefficient (Wildman–Crippen LogP) is 6.75. The van der Waals surface area contributed by atoms with Gasteiger partial charge in [-0.2, -0.15) is 5.10 Å². The number of nitrogens with one attached hydrogen (secondary N) is 1. The van der Waals surface area contributed by atoms with Gasteiger partial charge in [-0.1, -0.05) is 58.4 Å².